The third kappa shape index (κ3) is 5.75. The number of hydrogen-bond donors (Lipinski definition) is 2. The third-order valence-corrected chi connectivity index (χ3v) is 6.27. The number of ether oxygens (including phenoxy) is 1. The average Bonchev–Trinajstić information content (AvgIpc) is 2.65. The molecule has 0 saturated carbocycles. The fourth-order valence-corrected chi connectivity index (χ4v) is 4.19. The van der Waals surface area contributed by atoms with Crippen LogP contribution in [0, 0.1) is 12.8 Å². The first-order chi connectivity index (χ1) is 12.8. The zero-order valence-electron chi connectivity index (χ0n) is 16.4. The number of sulfonamides is 1. The Bertz CT molecular complexity index is 741. The van der Waals surface area contributed by atoms with Crippen molar-refractivity contribution in [2.75, 3.05) is 32.8 Å². The summed E-state index contributed by atoms with van der Waals surface area (Å²) in [6.45, 7) is 9.77. The quantitative estimate of drug-likeness (QED) is 0.692. The van der Waals surface area contributed by atoms with Crippen molar-refractivity contribution in [1.82, 2.24) is 10.2 Å². The number of aryl methyl sites for hydroxylation is 1. The molecule has 1 amide bonds. The summed E-state index contributed by atoms with van der Waals surface area (Å²) in [4.78, 5) is 15.1. The van der Waals surface area contributed by atoms with Crippen LogP contribution in [0.5, 0.6) is 0 Å². The molecule has 7 nitrogen and oxygen atoms in total. The molecule has 3 N–H and O–H groups in total. The van der Waals surface area contributed by atoms with Gasteiger partial charge in [0.1, 0.15) is 0 Å². The van der Waals surface area contributed by atoms with E-state index in [4.69, 9.17) is 9.88 Å². The van der Waals surface area contributed by atoms with Crippen molar-refractivity contribution in [3.05, 3.63) is 29.3 Å². The molecule has 1 aromatic rings. The van der Waals surface area contributed by atoms with Crippen LogP contribution in [0.1, 0.15) is 42.6 Å². The predicted molar refractivity (Wildman–Crippen MR) is 105 cm³/mol. The van der Waals surface area contributed by atoms with Gasteiger partial charge in [0.05, 0.1) is 18.1 Å². The number of morpholine rings is 1. The summed E-state index contributed by atoms with van der Waals surface area (Å²) >= 11 is 0. The minimum absolute atomic E-state index is 0.0528. The fourth-order valence-electron chi connectivity index (χ4n) is 3.65. The van der Waals surface area contributed by atoms with E-state index in [0.29, 0.717) is 36.8 Å². The Kier molecular flexibility index (Phi) is 7.79. The second-order valence-electron chi connectivity index (χ2n) is 7.02. The van der Waals surface area contributed by atoms with Crippen LogP contribution in [-0.4, -0.2) is 58.1 Å². The number of nitrogens with one attached hydrogen (secondary N) is 1. The van der Waals surface area contributed by atoms with E-state index in [9.17, 15) is 13.2 Å². The summed E-state index contributed by atoms with van der Waals surface area (Å²) in [6.07, 6.45) is 2.07. The molecule has 8 heteroatoms. The Labute approximate surface area is 162 Å². The molecular weight excluding hydrogens is 366 g/mol. The minimum atomic E-state index is -3.85. The first-order valence-electron chi connectivity index (χ1n) is 9.51. The van der Waals surface area contributed by atoms with Crippen LogP contribution in [0.4, 0.5) is 0 Å². The Morgan fingerprint density at radius 1 is 1.26 bits per heavy atom. The van der Waals surface area contributed by atoms with Gasteiger partial charge in [-0.3, -0.25) is 9.69 Å². The van der Waals surface area contributed by atoms with Gasteiger partial charge in [0.25, 0.3) is 5.91 Å². The number of carbonyl (C=O) groups excluding carboxylic acids is 1. The van der Waals surface area contributed by atoms with Gasteiger partial charge in [-0.15, -0.1) is 0 Å². The Hall–Kier alpha value is -1.48. The van der Waals surface area contributed by atoms with Gasteiger partial charge >= 0.3 is 0 Å². The van der Waals surface area contributed by atoms with E-state index in [1.54, 1.807) is 13.0 Å². The van der Waals surface area contributed by atoms with E-state index in [1.807, 2.05) is 0 Å². The molecule has 0 radical (unpaired) electrons. The molecule has 0 aliphatic carbocycles. The van der Waals surface area contributed by atoms with E-state index in [1.165, 1.54) is 12.1 Å². The van der Waals surface area contributed by atoms with E-state index in [-0.39, 0.29) is 16.8 Å². The molecule has 0 spiro atoms. The number of nitrogens with two attached hydrogens (primary N) is 1. The molecule has 0 unspecified atom stereocenters. The first-order valence-corrected chi connectivity index (χ1v) is 11.1. The van der Waals surface area contributed by atoms with Crippen LogP contribution in [0.3, 0.4) is 0 Å². The molecule has 1 aliphatic rings. The van der Waals surface area contributed by atoms with Crippen LogP contribution >= 0.6 is 0 Å². The van der Waals surface area contributed by atoms with Gasteiger partial charge in [-0.1, -0.05) is 32.8 Å². The molecule has 0 aromatic heterocycles. The molecule has 1 aliphatic heterocycles. The highest BCUT2D eigenvalue weighted by atomic mass is 32.2. The van der Waals surface area contributed by atoms with Crippen LogP contribution < -0.4 is 10.5 Å². The van der Waals surface area contributed by atoms with Crippen molar-refractivity contribution in [1.29, 1.82) is 0 Å². The first kappa shape index (κ1) is 21.8. The van der Waals surface area contributed by atoms with Gasteiger partial charge in [0.15, 0.2) is 0 Å². The van der Waals surface area contributed by atoms with Crippen molar-refractivity contribution in [2.45, 2.75) is 44.6 Å². The molecule has 1 heterocycles. The molecule has 152 valence electrons. The maximum atomic E-state index is 12.7. The zero-order chi connectivity index (χ0) is 20.0. The number of rotatable bonds is 8. The summed E-state index contributed by atoms with van der Waals surface area (Å²) in [7, 11) is -3.85. The predicted octanol–water partition coefficient (Wildman–Crippen LogP) is 1.51. The largest absolute Gasteiger partial charge is 0.379 e. The fraction of sp³-hybridized carbons (Fsp3) is 0.632. The average molecular weight is 398 g/mol. The number of nitrogens with zero attached hydrogens (tertiary/aromatic N) is 1. The second kappa shape index (κ2) is 9.64. The minimum Gasteiger partial charge on any atom is -0.379 e. The summed E-state index contributed by atoms with van der Waals surface area (Å²) in [5.74, 6) is 0.197. The molecule has 27 heavy (non-hydrogen) atoms. The maximum absolute atomic E-state index is 12.7. The van der Waals surface area contributed by atoms with Gasteiger partial charge in [0.2, 0.25) is 10.0 Å². The monoisotopic (exact) mass is 397 g/mol. The van der Waals surface area contributed by atoms with Crippen molar-refractivity contribution >= 4 is 15.9 Å². The summed E-state index contributed by atoms with van der Waals surface area (Å²) in [5.41, 5.74) is 1.05. The number of hydrogen-bond acceptors (Lipinski definition) is 5. The topological polar surface area (TPSA) is 102 Å². The zero-order valence-corrected chi connectivity index (χ0v) is 17.2. The van der Waals surface area contributed by atoms with E-state index in [2.05, 4.69) is 24.1 Å². The van der Waals surface area contributed by atoms with Gasteiger partial charge in [-0.2, -0.15) is 0 Å². The molecule has 2 rings (SSSR count). The van der Waals surface area contributed by atoms with Gasteiger partial charge < -0.3 is 10.1 Å². The van der Waals surface area contributed by atoms with Crippen molar-refractivity contribution in [2.24, 2.45) is 11.1 Å². The second-order valence-corrected chi connectivity index (χ2v) is 8.59. The van der Waals surface area contributed by atoms with E-state index >= 15 is 0 Å². The molecule has 1 aromatic carbocycles. The Balaban J connectivity index is 2.15. The molecule has 1 saturated heterocycles. The smallest absolute Gasteiger partial charge is 0.251 e. The molecular formula is C19H31N3O4S. The molecule has 1 fully saturated rings. The standard InChI is InChI=1S/C19H31N3O4S/c1-4-15(5-2)18(22-8-10-26-11-9-22)13-21-19(23)17-12-16(27(20,24)25)7-6-14(17)3/h6-7,12,15,18H,4-5,8-11,13H2,1-3H3,(H,21,23)(H2,20,24,25)/t18-/m0/s1. The van der Waals surface area contributed by atoms with E-state index in [0.717, 1.165) is 25.9 Å². The highest BCUT2D eigenvalue weighted by Crippen LogP contribution is 2.20. The molecule has 1 atom stereocenters. The summed E-state index contributed by atoms with van der Waals surface area (Å²) < 4.78 is 28.6. The number of benzene rings is 1. The van der Waals surface area contributed by atoms with E-state index < -0.39 is 10.0 Å². The lowest BCUT2D eigenvalue weighted by molar-refractivity contribution is 0.00191. The third-order valence-electron chi connectivity index (χ3n) is 5.36. The highest BCUT2D eigenvalue weighted by molar-refractivity contribution is 7.89. The Morgan fingerprint density at radius 3 is 2.44 bits per heavy atom. The van der Waals surface area contributed by atoms with Crippen LogP contribution in [0.2, 0.25) is 0 Å². The van der Waals surface area contributed by atoms with Crippen molar-refractivity contribution in [3.63, 3.8) is 0 Å². The summed E-state index contributed by atoms with van der Waals surface area (Å²) in [5, 5.41) is 8.20. The Morgan fingerprint density at radius 2 is 1.89 bits per heavy atom. The van der Waals surface area contributed by atoms with Gasteiger partial charge in [-0.25, -0.2) is 13.6 Å². The normalized spacial score (nSPS) is 17.1. The lowest BCUT2D eigenvalue weighted by Gasteiger charge is -2.38. The van der Waals surface area contributed by atoms with Crippen LogP contribution in [0.15, 0.2) is 23.1 Å². The lowest BCUT2D eigenvalue weighted by atomic mass is 9.92. The van der Waals surface area contributed by atoms with Crippen molar-refractivity contribution in [3.8, 4) is 0 Å². The van der Waals surface area contributed by atoms with Crippen LogP contribution in [-0.2, 0) is 14.8 Å². The van der Waals surface area contributed by atoms with Crippen LogP contribution in [0.25, 0.3) is 0 Å². The number of primary sulfonamides is 1. The number of carbonyl (C=O) groups is 1. The maximum Gasteiger partial charge on any atom is 0.251 e. The highest BCUT2D eigenvalue weighted by Gasteiger charge is 2.27. The molecule has 0 bridgehead atoms. The van der Waals surface area contributed by atoms with Crippen molar-refractivity contribution < 1.29 is 17.9 Å². The van der Waals surface area contributed by atoms with Gasteiger partial charge in [-0.05, 0) is 30.5 Å². The summed E-state index contributed by atoms with van der Waals surface area (Å²) in [6, 6.07) is 4.60. The SMILES string of the molecule is CCC(CC)[C@H](CNC(=O)c1cc(S(N)(=O)=O)ccc1C)N1CCOCC1. The number of amides is 1. The lowest BCUT2D eigenvalue weighted by Crippen LogP contribution is -2.52. The van der Waals surface area contributed by atoms with Gasteiger partial charge in [0, 0.05) is 31.2 Å².